The summed E-state index contributed by atoms with van der Waals surface area (Å²) in [6.45, 7) is 1.50. The summed E-state index contributed by atoms with van der Waals surface area (Å²) in [5.41, 5.74) is 4.31. The molecule has 0 aliphatic carbocycles. The molecule has 0 fully saturated rings. The zero-order valence-electron chi connectivity index (χ0n) is 14.4. The maximum absolute atomic E-state index is 13.3. The van der Waals surface area contributed by atoms with Gasteiger partial charge in [-0.05, 0) is 30.2 Å². The number of rotatable bonds is 4. The maximum atomic E-state index is 13.3. The molecule has 26 heavy (non-hydrogen) atoms. The van der Waals surface area contributed by atoms with Gasteiger partial charge in [0.1, 0.15) is 0 Å². The minimum absolute atomic E-state index is 0.0922. The molecule has 3 aromatic rings. The molecule has 3 aromatic carbocycles. The van der Waals surface area contributed by atoms with E-state index in [1.165, 1.54) is 0 Å². The average Bonchev–Trinajstić information content (AvgIpc) is 2.73. The van der Waals surface area contributed by atoms with Crippen LogP contribution in [0.4, 0.5) is 0 Å². The van der Waals surface area contributed by atoms with Gasteiger partial charge in [0, 0.05) is 28.8 Å². The molecule has 0 saturated heterocycles. The van der Waals surface area contributed by atoms with Gasteiger partial charge in [0.15, 0.2) is 11.6 Å². The Hall–Kier alpha value is -3.04. The lowest BCUT2D eigenvalue weighted by molar-refractivity contribution is 0.100. The largest absolute Gasteiger partial charge is 0.312 e. The minimum Gasteiger partial charge on any atom is -0.312 e. The fourth-order valence-corrected chi connectivity index (χ4v) is 3.49. The monoisotopic (exact) mass is 341 g/mol. The highest BCUT2D eigenvalue weighted by Crippen LogP contribution is 2.27. The van der Waals surface area contributed by atoms with E-state index in [1.54, 1.807) is 24.3 Å². The second kappa shape index (κ2) is 7.06. The Bertz CT molecular complexity index is 962. The van der Waals surface area contributed by atoms with E-state index in [1.807, 2.05) is 48.5 Å². The van der Waals surface area contributed by atoms with Gasteiger partial charge in [-0.15, -0.1) is 0 Å². The number of ketones is 2. The first-order valence-corrected chi connectivity index (χ1v) is 8.80. The molecule has 0 radical (unpaired) electrons. The Labute approximate surface area is 152 Å². The van der Waals surface area contributed by atoms with Crippen molar-refractivity contribution in [2.45, 2.75) is 13.0 Å². The van der Waals surface area contributed by atoms with Crippen molar-refractivity contribution in [1.82, 2.24) is 5.32 Å². The van der Waals surface area contributed by atoms with E-state index in [-0.39, 0.29) is 11.6 Å². The standard InChI is InChI=1S/C23H19NO2/c25-22(17-7-3-1-4-8-17)19-12-11-16-13-14-24-15-20(16)21(19)23(26)18-9-5-2-6-10-18/h1-12,24H,13-15H2. The topological polar surface area (TPSA) is 46.2 Å². The second-order valence-corrected chi connectivity index (χ2v) is 6.44. The summed E-state index contributed by atoms with van der Waals surface area (Å²) in [6, 6.07) is 22.1. The van der Waals surface area contributed by atoms with Crippen molar-refractivity contribution >= 4 is 11.6 Å². The third-order valence-corrected chi connectivity index (χ3v) is 4.83. The van der Waals surface area contributed by atoms with Crippen molar-refractivity contribution in [3.05, 3.63) is 106 Å². The summed E-state index contributed by atoms with van der Waals surface area (Å²) >= 11 is 0. The number of hydrogen-bond donors (Lipinski definition) is 1. The highest BCUT2D eigenvalue weighted by molar-refractivity contribution is 6.20. The number of hydrogen-bond acceptors (Lipinski definition) is 3. The molecule has 1 N–H and O–H groups in total. The van der Waals surface area contributed by atoms with Gasteiger partial charge in [-0.1, -0.05) is 66.7 Å². The van der Waals surface area contributed by atoms with Gasteiger partial charge in [-0.25, -0.2) is 0 Å². The molecule has 0 spiro atoms. The molecule has 3 heteroatoms. The van der Waals surface area contributed by atoms with Crippen LogP contribution in [-0.2, 0) is 13.0 Å². The molecule has 0 bridgehead atoms. The summed E-state index contributed by atoms with van der Waals surface area (Å²) in [4.78, 5) is 26.4. The summed E-state index contributed by atoms with van der Waals surface area (Å²) in [6.07, 6.45) is 0.865. The van der Waals surface area contributed by atoms with Crippen LogP contribution >= 0.6 is 0 Å². The highest BCUT2D eigenvalue weighted by atomic mass is 16.1. The molecule has 128 valence electrons. The highest BCUT2D eigenvalue weighted by Gasteiger charge is 2.25. The van der Waals surface area contributed by atoms with E-state index in [2.05, 4.69) is 5.32 Å². The number of carbonyl (C=O) groups is 2. The number of nitrogens with one attached hydrogen (secondary N) is 1. The molecule has 1 aliphatic heterocycles. The van der Waals surface area contributed by atoms with E-state index in [9.17, 15) is 9.59 Å². The van der Waals surface area contributed by atoms with Crippen molar-refractivity contribution in [1.29, 1.82) is 0 Å². The Morgan fingerprint density at radius 2 is 1.35 bits per heavy atom. The minimum atomic E-state index is -0.113. The molecular weight excluding hydrogens is 322 g/mol. The summed E-state index contributed by atoms with van der Waals surface area (Å²) < 4.78 is 0. The fourth-order valence-electron chi connectivity index (χ4n) is 3.49. The van der Waals surface area contributed by atoms with Gasteiger partial charge >= 0.3 is 0 Å². The van der Waals surface area contributed by atoms with Gasteiger partial charge in [0.2, 0.25) is 0 Å². The first-order valence-electron chi connectivity index (χ1n) is 8.80. The van der Waals surface area contributed by atoms with Crippen LogP contribution in [0.3, 0.4) is 0 Å². The molecular formula is C23H19NO2. The van der Waals surface area contributed by atoms with Crippen LogP contribution in [-0.4, -0.2) is 18.1 Å². The van der Waals surface area contributed by atoms with Crippen LogP contribution in [0.5, 0.6) is 0 Å². The van der Waals surface area contributed by atoms with Crippen molar-refractivity contribution in [3.8, 4) is 0 Å². The van der Waals surface area contributed by atoms with Crippen molar-refractivity contribution in [2.24, 2.45) is 0 Å². The molecule has 0 atom stereocenters. The predicted octanol–water partition coefficient (Wildman–Crippen LogP) is 3.79. The third kappa shape index (κ3) is 2.98. The van der Waals surface area contributed by atoms with Crippen LogP contribution in [0.1, 0.15) is 43.0 Å². The van der Waals surface area contributed by atoms with E-state index in [0.717, 1.165) is 24.1 Å². The lowest BCUT2D eigenvalue weighted by Crippen LogP contribution is -2.27. The first-order chi connectivity index (χ1) is 12.8. The van der Waals surface area contributed by atoms with Gasteiger partial charge in [0.25, 0.3) is 0 Å². The van der Waals surface area contributed by atoms with Crippen LogP contribution in [0.15, 0.2) is 72.8 Å². The Morgan fingerprint density at radius 3 is 2.00 bits per heavy atom. The molecule has 0 unspecified atom stereocenters. The molecule has 1 aliphatic rings. The van der Waals surface area contributed by atoms with Crippen LogP contribution in [0, 0.1) is 0 Å². The van der Waals surface area contributed by atoms with Crippen LogP contribution in [0.25, 0.3) is 0 Å². The lowest BCUT2D eigenvalue weighted by atomic mass is 9.85. The van der Waals surface area contributed by atoms with E-state index in [4.69, 9.17) is 0 Å². The smallest absolute Gasteiger partial charge is 0.194 e. The van der Waals surface area contributed by atoms with E-state index < -0.39 is 0 Å². The van der Waals surface area contributed by atoms with Crippen molar-refractivity contribution in [3.63, 3.8) is 0 Å². The first kappa shape index (κ1) is 16.4. The van der Waals surface area contributed by atoms with Gasteiger partial charge < -0.3 is 5.32 Å². The second-order valence-electron chi connectivity index (χ2n) is 6.44. The Balaban J connectivity index is 1.89. The summed E-state index contributed by atoms with van der Waals surface area (Å²) in [7, 11) is 0. The lowest BCUT2D eigenvalue weighted by Gasteiger charge is -2.22. The zero-order chi connectivity index (χ0) is 17.9. The quantitative estimate of drug-likeness (QED) is 0.734. The average molecular weight is 341 g/mol. The van der Waals surface area contributed by atoms with Gasteiger partial charge in [-0.2, -0.15) is 0 Å². The summed E-state index contributed by atoms with van der Waals surface area (Å²) in [5.74, 6) is -0.205. The normalized spacial score (nSPS) is 13.1. The van der Waals surface area contributed by atoms with Gasteiger partial charge in [-0.3, -0.25) is 9.59 Å². The van der Waals surface area contributed by atoms with Crippen LogP contribution < -0.4 is 5.32 Å². The Kier molecular flexibility index (Phi) is 4.46. The number of carbonyl (C=O) groups excluding carboxylic acids is 2. The van der Waals surface area contributed by atoms with Crippen LogP contribution in [0.2, 0.25) is 0 Å². The van der Waals surface area contributed by atoms with Crippen molar-refractivity contribution in [2.75, 3.05) is 6.54 Å². The molecule has 3 nitrogen and oxygen atoms in total. The maximum Gasteiger partial charge on any atom is 0.194 e. The van der Waals surface area contributed by atoms with E-state index >= 15 is 0 Å². The molecule has 1 heterocycles. The number of benzene rings is 3. The number of fused-ring (bicyclic) bond motifs is 1. The van der Waals surface area contributed by atoms with E-state index in [0.29, 0.717) is 28.8 Å². The van der Waals surface area contributed by atoms with Gasteiger partial charge in [0.05, 0.1) is 0 Å². The molecule has 0 saturated carbocycles. The predicted molar refractivity (Wildman–Crippen MR) is 102 cm³/mol. The molecule has 0 aromatic heterocycles. The fraction of sp³-hybridized carbons (Fsp3) is 0.130. The molecule has 4 rings (SSSR count). The molecule has 0 amide bonds. The summed E-state index contributed by atoms with van der Waals surface area (Å²) in [5, 5.41) is 3.33. The Morgan fingerprint density at radius 1 is 0.731 bits per heavy atom. The van der Waals surface area contributed by atoms with Crippen molar-refractivity contribution < 1.29 is 9.59 Å². The SMILES string of the molecule is O=C(c1ccccc1)c1ccc2c(c1C(=O)c1ccccc1)CNCC2. The zero-order valence-corrected chi connectivity index (χ0v) is 14.4. The third-order valence-electron chi connectivity index (χ3n) is 4.83.